The number of nitrogens with one attached hydrogen (secondary N) is 1. The van der Waals surface area contributed by atoms with Crippen molar-refractivity contribution in [3.8, 4) is 11.1 Å². The summed E-state index contributed by atoms with van der Waals surface area (Å²) in [4.78, 5) is 0. The van der Waals surface area contributed by atoms with Crippen LogP contribution in [0.3, 0.4) is 0 Å². The first-order valence-corrected chi connectivity index (χ1v) is 6.61. The fraction of sp³-hybridized carbons (Fsp3) is 0.250. The molecule has 2 rings (SSSR count). The summed E-state index contributed by atoms with van der Waals surface area (Å²) in [5, 5.41) is 3.76. The van der Waals surface area contributed by atoms with Gasteiger partial charge >= 0.3 is 0 Å². The second kappa shape index (κ2) is 5.72. The van der Waals surface area contributed by atoms with E-state index in [0.717, 1.165) is 22.3 Å². The van der Waals surface area contributed by atoms with E-state index in [1.54, 1.807) is 12.1 Å². The topological polar surface area (TPSA) is 12.0 Å². The molecule has 0 unspecified atom stereocenters. The van der Waals surface area contributed by atoms with Crippen molar-refractivity contribution in [2.24, 2.45) is 0 Å². The van der Waals surface area contributed by atoms with Crippen molar-refractivity contribution < 1.29 is 4.39 Å². The number of benzene rings is 2. The Morgan fingerprint density at radius 2 is 1.89 bits per heavy atom. The van der Waals surface area contributed by atoms with Gasteiger partial charge in [0.25, 0.3) is 0 Å². The van der Waals surface area contributed by atoms with E-state index in [1.807, 2.05) is 39.1 Å². The minimum Gasteiger partial charge on any atom is -0.316 e. The summed E-state index contributed by atoms with van der Waals surface area (Å²) < 4.78 is 14.3. The predicted octanol–water partition coefficient (Wildman–Crippen LogP) is 4.48. The summed E-state index contributed by atoms with van der Waals surface area (Å²) in [6, 6.07) is 9.13. The maximum absolute atomic E-state index is 14.3. The molecular formula is C16H17ClFN. The average Bonchev–Trinajstić information content (AvgIpc) is 2.31. The molecule has 0 spiro atoms. The van der Waals surface area contributed by atoms with Crippen LogP contribution < -0.4 is 5.32 Å². The fourth-order valence-electron chi connectivity index (χ4n) is 2.40. The smallest absolute Gasteiger partial charge is 0.131 e. The first kappa shape index (κ1) is 14.0. The molecule has 100 valence electrons. The van der Waals surface area contributed by atoms with Gasteiger partial charge in [0.1, 0.15) is 5.82 Å². The van der Waals surface area contributed by atoms with E-state index in [1.165, 1.54) is 0 Å². The van der Waals surface area contributed by atoms with Crippen LogP contribution in [0.5, 0.6) is 0 Å². The maximum Gasteiger partial charge on any atom is 0.131 e. The average molecular weight is 278 g/mol. The number of hydrogen-bond acceptors (Lipinski definition) is 1. The van der Waals surface area contributed by atoms with E-state index in [0.29, 0.717) is 17.1 Å². The van der Waals surface area contributed by atoms with Crippen LogP contribution in [-0.2, 0) is 6.54 Å². The number of hydrogen-bond donors (Lipinski definition) is 1. The van der Waals surface area contributed by atoms with Crippen LogP contribution in [0.4, 0.5) is 4.39 Å². The van der Waals surface area contributed by atoms with Gasteiger partial charge in [0, 0.05) is 17.1 Å². The summed E-state index contributed by atoms with van der Waals surface area (Å²) in [7, 11) is 1.86. The Hall–Kier alpha value is -1.38. The highest BCUT2D eigenvalue weighted by atomic mass is 35.5. The molecular weight excluding hydrogens is 261 g/mol. The third-order valence-electron chi connectivity index (χ3n) is 3.14. The molecule has 0 bridgehead atoms. The van der Waals surface area contributed by atoms with Gasteiger partial charge in [-0.1, -0.05) is 23.7 Å². The van der Waals surface area contributed by atoms with Gasteiger partial charge in [-0.05, 0) is 61.3 Å². The Balaban J connectivity index is 2.65. The van der Waals surface area contributed by atoms with E-state index in [9.17, 15) is 4.39 Å². The van der Waals surface area contributed by atoms with Gasteiger partial charge in [0.15, 0.2) is 0 Å². The molecule has 0 atom stereocenters. The summed E-state index contributed by atoms with van der Waals surface area (Å²) >= 11 is 6.02. The Kier molecular flexibility index (Phi) is 4.23. The van der Waals surface area contributed by atoms with Crippen LogP contribution in [0.25, 0.3) is 11.1 Å². The minimum atomic E-state index is -0.183. The molecule has 0 aliphatic heterocycles. The SMILES string of the molecule is CNCc1cc(Cl)ccc1-c1c(C)cc(C)cc1F. The van der Waals surface area contributed by atoms with Crippen molar-refractivity contribution in [3.05, 3.63) is 57.9 Å². The largest absolute Gasteiger partial charge is 0.316 e. The van der Waals surface area contributed by atoms with Crippen LogP contribution in [0, 0.1) is 19.7 Å². The van der Waals surface area contributed by atoms with Crippen molar-refractivity contribution >= 4 is 11.6 Å². The number of rotatable bonds is 3. The Labute approximate surface area is 118 Å². The fourth-order valence-corrected chi connectivity index (χ4v) is 2.59. The standard InChI is InChI=1S/C16H17ClFN/c1-10-6-11(2)16(15(18)7-10)14-5-4-13(17)8-12(14)9-19-3/h4-8,19H,9H2,1-3H3. The molecule has 0 aliphatic rings. The summed E-state index contributed by atoms with van der Waals surface area (Å²) in [6.07, 6.45) is 0. The molecule has 2 aromatic carbocycles. The lowest BCUT2D eigenvalue weighted by atomic mass is 9.94. The monoisotopic (exact) mass is 277 g/mol. The molecule has 0 radical (unpaired) electrons. The van der Waals surface area contributed by atoms with Gasteiger partial charge in [0.05, 0.1) is 0 Å². The van der Waals surface area contributed by atoms with Crippen LogP contribution in [0.2, 0.25) is 5.02 Å². The van der Waals surface area contributed by atoms with Gasteiger partial charge in [-0.25, -0.2) is 4.39 Å². The van der Waals surface area contributed by atoms with Crippen molar-refractivity contribution in [3.63, 3.8) is 0 Å². The molecule has 2 aromatic rings. The van der Waals surface area contributed by atoms with Crippen molar-refractivity contribution in [2.75, 3.05) is 7.05 Å². The third kappa shape index (κ3) is 2.96. The second-order valence-corrected chi connectivity index (χ2v) is 5.21. The lowest BCUT2D eigenvalue weighted by Crippen LogP contribution is -2.07. The van der Waals surface area contributed by atoms with Gasteiger partial charge in [0.2, 0.25) is 0 Å². The molecule has 0 aromatic heterocycles. The lowest BCUT2D eigenvalue weighted by Gasteiger charge is -2.14. The Bertz CT molecular complexity index is 585. The molecule has 0 amide bonds. The van der Waals surface area contributed by atoms with Crippen molar-refractivity contribution in [1.29, 1.82) is 0 Å². The molecule has 3 heteroatoms. The number of halogens is 2. The first-order valence-electron chi connectivity index (χ1n) is 6.23. The normalized spacial score (nSPS) is 10.8. The van der Waals surface area contributed by atoms with Gasteiger partial charge in [-0.3, -0.25) is 0 Å². The Morgan fingerprint density at radius 1 is 1.16 bits per heavy atom. The van der Waals surface area contributed by atoms with E-state index >= 15 is 0 Å². The first-order chi connectivity index (χ1) is 9.02. The van der Waals surface area contributed by atoms with Crippen LogP contribution >= 0.6 is 11.6 Å². The van der Waals surface area contributed by atoms with Gasteiger partial charge in [-0.15, -0.1) is 0 Å². The minimum absolute atomic E-state index is 0.183. The van der Waals surface area contributed by atoms with E-state index in [4.69, 9.17) is 11.6 Å². The molecule has 19 heavy (non-hydrogen) atoms. The van der Waals surface area contributed by atoms with E-state index in [-0.39, 0.29) is 5.82 Å². The molecule has 1 N–H and O–H groups in total. The van der Waals surface area contributed by atoms with Crippen molar-refractivity contribution in [2.45, 2.75) is 20.4 Å². The van der Waals surface area contributed by atoms with Gasteiger partial charge in [-0.2, -0.15) is 0 Å². The molecule has 0 aliphatic carbocycles. The molecule has 0 fully saturated rings. The van der Waals surface area contributed by atoms with Crippen LogP contribution in [0.15, 0.2) is 30.3 Å². The summed E-state index contributed by atoms with van der Waals surface area (Å²) in [6.45, 7) is 4.49. The zero-order chi connectivity index (χ0) is 14.0. The van der Waals surface area contributed by atoms with Crippen LogP contribution in [-0.4, -0.2) is 7.05 Å². The summed E-state index contributed by atoms with van der Waals surface area (Å²) in [5.74, 6) is -0.183. The predicted molar refractivity (Wildman–Crippen MR) is 79.1 cm³/mol. The highest BCUT2D eigenvalue weighted by molar-refractivity contribution is 6.30. The van der Waals surface area contributed by atoms with E-state index in [2.05, 4.69) is 5.32 Å². The molecule has 0 saturated heterocycles. The molecule has 1 nitrogen and oxygen atoms in total. The van der Waals surface area contributed by atoms with Crippen LogP contribution in [0.1, 0.15) is 16.7 Å². The molecule has 0 saturated carbocycles. The van der Waals surface area contributed by atoms with E-state index < -0.39 is 0 Å². The maximum atomic E-state index is 14.3. The Morgan fingerprint density at radius 3 is 2.53 bits per heavy atom. The zero-order valence-electron chi connectivity index (χ0n) is 11.3. The van der Waals surface area contributed by atoms with Gasteiger partial charge < -0.3 is 5.32 Å². The van der Waals surface area contributed by atoms with Crippen molar-refractivity contribution in [1.82, 2.24) is 5.32 Å². The summed E-state index contributed by atoms with van der Waals surface area (Å²) in [5.41, 5.74) is 4.43. The molecule has 0 heterocycles. The highest BCUT2D eigenvalue weighted by Gasteiger charge is 2.13. The quantitative estimate of drug-likeness (QED) is 0.872. The second-order valence-electron chi connectivity index (χ2n) is 4.77. The third-order valence-corrected chi connectivity index (χ3v) is 3.37. The lowest BCUT2D eigenvalue weighted by molar-refractivity contribution is 0.628. The number of aryl methyl sites for hydroxylation is 2. The zero-order valence-corrected chi connectivity index (χ0v) is 12.1. The highest BCUT2D eigenvalue weighted by Crippen LogP contribution is 2.32.